The molecule has 0 amide bonds. The lowest BCUT2D eigenvalue weighted by Gasteiger charge is -2.27. The topological polar surface area (TPSA) is 130 Å². The van der Waals surface area contributed by atoms with Crippen LogP contribution in [0.3, 0.4) is 0 Å². The first-order chi connectivity index (χ1) is 9.61. The Morgan fingerprint density at radius 1 is 1.30 bits per heavy atom. The number of aliphatic hydroxyl groups excluding tert-OH is 3. The molecule has 8 nitrogen and oxygen atoms in total. The van der Waals surface area contributed by atoms with Crippen molar-refractivity contribution in [1.82, 2.24) is 19.5 Å². The Balaban J connectivity index is 1.99. The summed E-state index contributed by atoms with van der Waals surface area (Å²) in [5.41, 5.74) is 5.99. The van der Waals surface area contributed by atoms with Crippen LogP contribution in [-0.2, 0) is 0 Å². The van der Waals surface area contributed by atoms with Gasteiger partial charge >= 0.3 is 0 Å². The van der Waals surface area contributed by atoms with Crippen molar-refractivity contribution in [3.63, 3.8) is 0 Å². The molecule has 5 N–H and O–H groups in total. The van der Waals surface area contributed by atoms with Crippen LogP contribution >= 0.6 is 0 Å². The number of hydrogen-bond acceptors (Lipinski definition) is 7. The van der Waals surface area contributed by atoms with Crippen LogP contribution in [0.15, 0.2) is 12.7 Å². The van der Waals surface area contributed by atoms with Gasteiger partial charge in [0.2, 0.25) is 0 Å². The first-order valence-electron chi connectivity index (χ1n) is 6.44. The average molecular weight is 279 g/mol. The minimum atomic E-state index is -0.875. The van der Waals surface area contributed by atoms with Crippen molar-refractivity contribution in [1.29, 1.82) is 0 Å². The monoisotopic (exact) mass is 279 g/mol. The van der Waals surface area contributed by atoms with E-state index in [0.717, 1.165) is 0 Å². The third-order valence-corrected chi connectivity index (χ3v) is 4.25. The molecular formula is C12H17N5O3. The second-order valence-corrected chi connectivity index (χ2v) is 5.37. The van der Waals surface area contributed by atoms with E-state index in [-0.39, 0.29) is 19.3 Å². The van der Waals surface area contributed by atoms with E-state index in [9.17, 15) is 15.3 Å². The van der Waals surface area contributed by atoms with Crippen LogP contribution in [0.5, 0.6) is 0 Å². The van der Waals surface area contributed by atoms with Crippen LogP contribution in [0.4, 0.5) is 5.82 Å². The molecule has 0 bridgehead atoms. The summed E-state index contributed by atoms with van der Waals surface area (Å²) in [5.74, 6) is 0.308. The van der Waals surface area contributed by atoms with E-state index in [1.165, 1.54) is 6.33 Å². The Morgan fingerprint density at radius 2 is 2.05 bits per heavy atom. The molecule has 20 heavy (non-hydrogen) atoms. The highest BCUT2D eigenvalue weighted by Gasteiger charge is 2.47. The maximum atomic E-state index is 10.1. The van der Waals surface area contributed by atoms with Crippen LogP contribution in [-0.4, -0.2) is 54.2 Å². The lowest BCUT2D eigenvalue weighted by Crippen LogP contribution is -2.37. The fourth-order valence-electron chi connectivity index (χ4n) is 2.94. The van der Waals surface area contributed by atoms with Gasteiger partial charge < -0.3 is 25.6 Å². The summed E-state index contributed by atoms with van der Waals surface area (Å²) in [5, 5.41) is 29.1. The molecule has 2 aromatic heterocycles. The van der Waals surface area contributed by atoms with Gasteiger partial charge in [-0.1, -0.05) is 0 Å². The normalized spacial score (nSPS) is 25.4. The van der Waals surface area contributed by atoms with Gasteiger partial charge in [0.25, 0.3) is 0 Å². The summed E-state index contributed by atoms with van der Waals surface area (Å²) in [6, 6.07) is -0.0939. The zero-order valence-corrected chi connectivity index (χ0v) is 10.8. The van der Waals surface area contributed by atoms with Crippen molar-refractivity contribution in [3.8, 4) is 0 Å². The Labute approximate surface area is 114 Å². The predicted molar refractivity (Wildman–Crippen MR) is 70.6 cm³/mol. The van der Waals surface area contributed by atoms with Gasteiger partial charge in [-0.3, -0.25) is 0 Å². The summed E-state index contributed by atoms with van der Waals surface area (Å²) in [6.45, 7) is -0.518. The molecule has 2 aromatic rings. The highest BCUT2D eigenvalue weighted by atomic mass is 16.3. The van der Waals surface area contributed by atoms with Gasteiger partial charge in [0.05, 0.1) is 25.6 Å². The predicted octanol–water partition coefficient (Wildman–Crippen LogP) is -0.925. The summed E-state index contributed by atoms with van der Waals surface area (Å²) in [6.07, 6.45) is 3.09. The zero-order chi connectivity index (χ0) is 14.3. The Bertz CT molecular complexity index is 625. The van der Waals surface area contributed by atoms with Crippen molar-refractivity contribution in [3.05, 3.63) is 12.7 Å². The average Bonchev–Trinajstić information content (AvgIpc) is 3.01. The Morgan fingerprint density at radius 3 is 2.70 bits per heavy atom. The number of anilines is 1. The minimum absolute atomic E-state index is 0.0939. The molecule has 0 aromatic carbocycles. The van der Waals surface area contributed by atoms with Crippen molar-refractivity contribution in [2.75, 3.05) is 18.9 Å². The molecule has 1 aliphatic rings. The smallest absolute Gasteiger partial charge is 0.165 e. The van der Waals surface area contributed by atoms with Crippen LogP contribution in [0, 0.1) is 5.41 Å². The number of aromatic nitrogens is 4. The Kier molecular flexibility index (Phi) is 3.08. The van der Waals surface area contributed by atoms with E-state index >= 15 is 0 Å². The van der Waals surface area contributed by atoms with Gasteiger partial charge in [0, 0.05) is 11.5 Å². The summed E-state index contributed by atoms with van der Waals surface area (Å²) in [7, 11) is 0. The molecule has 0 aliphatic heterocycles. The van der Waals surface area contributed by atoms with Crippen LogP contribution in [0.1, 0.15) is 18.9 Å². The number of nitrogens with zero attached hydrogens (tertiary/aromatic N) is 4. The van der Waals surface area contributed by atoms with Gasteiger partial charge in [-0.15, -0.1) is 0 Å². The molecule has 8 heteroatoms. The summed E-state index contributed by atoms with van der Waals surface area (Å²) >= 11 is 0. The fourth-order valence-corrected chi connectivity index (χ4v) is 2.94. The maximum Gasteiger partial charge on any atom is 0.165 e. The summed E-state index contributed by atoms with van der Waals surface area (Å²) < 4.78 is 1.82. The van der Waals surface area contributed by atoms with Gasteiger partial charge in [-0.05, 0) is 12.8 Å². The number of imidazole rings is 1. The van der Waals surface area contributed by atoms with E-state index in [0.29, 0.717) is 29.8 Å². The van der Waals surface area contributed by atoms with Gasteiger partial charge in [0.1, 0.15) is 11.8 Å². The highest BCUT2D eigenvalue weighted by molar-refractivity contribution is 5.81. The molecule has 1 aliphatic carbocycles. The number of nitrogen functional groups attached to an aromatic ring is 1. The maximum absolute atomic E-state index is 10.1. The molecule has 1 fully saturated rings. The van der Waals surface area contributed by atoms with Crippen LogP contribution < -0.4 is 5.73 Å². The second-order valence-electron chi connectivity index (χ2n) is 5.37. The lowest BCUT2D eigenvalue weighted by atomic mass is 9.86. The van der Waals surface area contributed by atoms with Gasteiger partial charge in [-0.25, -0.2) is 15.0 Å². The van der Waals surface area contributed by atoms with Gasteiger partial charge in [-0.2, -0.15) is 0 Å². The van der Waals surface area contributed by atoms with Crippen molar-refractivity contribution >= 4 is 17.0 Å². The Hall–Kier alpha value is -1.77. The molecule has 0 saturated heterocycles. The minimum Gasteiger partial charge on any atom is -0.396 e. The van der Waals surface area contributed by atoms with Crippen molar-refractivity contribution in [2.24, 2.45) is 5.41 Å². The molecular weight excluding hydrogens is 262 g/mol. The highest BCUT2D eigenvalue weighted by Crippen LogP contribution is 2.44. The molecule has 3 rings (SSSR count). The first kappa shape index (κ1) is 13.2. The quantitative estimate of drug-likeness (QED) is 0.571. The van der Waals surface area contributed by atoms with Crippen molar-refractivity contribution < 1.29 is 15.3 Å². The van der Waals surface area contributed by atoms with Crippen molar-refractivity contribution in [2.45, 2.75) is 25.0 Å². The van der Waals surface area contributed by atoms with E-state index in [4.69, 9.17) is 5.73 Å². The van der Waals surface area contributed by atoms with Crippen LogP contribution in [0.25, 0.3) is 11.2 Å². The van der Waals surface area contributed by atoms with E-state index in [1.54, 1.807) is 6.33 Å². The largest absolute Gasteiger partial charge is 0.396 e. The SMILES string of the molecule is Nc1ncnc2c1ncn2[C@H]1C[C@@H](O)C(CO)(CO)C1. The van der Waals surface area contributed by atoms with Gasteiger partial charge in [0.15, 0.2) is 11.5 Å². The van der Waals surface area contributed by atoms with E-state index < -0.39 is 11.5 Å². The molecule has 0 unspecified atom stereocenters. The van der Waals surface area contributed by atoms with E-state index in [2.05, 4.69) is 15.0 Å². The second kappa shape index (κ2) is 4.65. The fraction of sp³-hybridized carbons (Fsp3) is 0.583. The number of hydrogen-bond donors (Lipinski definition) is 4. The summed E-state index contributed by atoms with van der Waals surface area (Å²) in [4.78, 5) is 12.3. The molecule has 0 spiro atoms. The number of nitrogens with two attached hydrogens (primary N) is 1. The molecule has 2 atom stereocenters. The molecule has 0 radical (unpaired) electrons. The number of aliphatic hydroxyl groups is 3. The van der Waals surface area contributed by atoms with Crippen LogP contribution in [0.2, 0.25) is 0 Å². The third-order valence-electron chi connectivity index (χ3n) is 4.25. The number of fused-ring (bicyclic) bond motifs is 1. The number of rotatable bonds is 3. The first-order valence-corrected chi connectivity index (χ1v) is 6.44. The molecule has 1 saturated carbocycles. The lowest BCUT2D eigenvalue weighted by molar-refractivity contribution is -0.0316. The molecule has 2 heterocycles. The molecule has 108 valence electrons. The zero-order valence-electron chi connectivity index (χ0n) is 10.8. The van der Waals surface area contributed by atoms with E-state index in [1.807, 2.05) is 4.57 Å². The standard InChI is InChI=1S/C12H17N5O3/c13-10-9-11(15-5-14-10)17(6-16-9)7-1-8(20)12(2-7,3-18)4-19/h5-8,18-20H,1-4H2,(H2,13,14,15)/t7-,8+/m0/s1. The third kappa shape index (κ3) is 1.76.